The summed E-state index contributed by atoms with van der Waals surface area (Å²) in [5, 5.41) is 28.3. The van der Waals surface area contributed by atoms with Gasteiger partial charge in [0.25, 0.3) is 5.56 Å². The average molecular weight is 532 g/mol. The lowest BCUT2D eigenvalue weighted by Gasteiger charge is -2.38. The first-order valence-corrected chi connectivity index (χ1v) is 12.7. The lowest BCUT2D eigenvalue weighted by Crippen LogP contribution is -2.47. The topological polar surface area (TPSA) is 120 Å². The van der Waals surface area contributed by atoms with Gasteiger partial charge in [-0.1, -0.05) is 23.7 Å². The van der Waals surface area contributed by atoms with Crippen molar-refractivity contribution in [3.8, 4) is 11.4 Å². The molecule has 194 valence electrons. The monoisotopic (exact) mass is 531 g/mol. The maximum Gasteiger partial charge on any atom is 0.264 e. The van der Waals surface area contributed by atoms with Crippen LogP contribution in [0, 0.1) is 6.92 Å². The zero-order valence-electron chi connectivity index (χ0n) is 20.8. The van der Waals surface area contributed by atoms with E-state index in [0.29, 0.717) is 28.9 Å². The Hall–Kier alpha value is -3.93. The van der Waals surface area contributed by atoms with Gasteiger partial charge in [-0.3, -0.25) is 14.3 Å². The third-order valence-corrected chi connectivity index (χ3v) is 7.34. The second-order valence-electron chi connectivity index (χ2n) is 9.75. The summed E-state index contributed by atoms with van der Waals surface area (Å²) in [6.07, 6.45) is 4.14. The van der Waals surface area contributed by atoms with Crippen molar-refractivity contribution in [3.05, 3.63) is 87.8 Å². The highest BCUT2D eigenvalue weighted by atomic mass is 35.5. The maximum absolute atomic E-state index is 13.2. The van der Waals surface area contributed by atoms with Crippen LogP contribution in [0.4, 0.5) is 0 Å². The molecule has 1 fully saturated rings. The number of halogens is 1. The van der Waals surface area contributed by atoms with Crippen molar-refractivity contribution in [2.24, 2.45) is 0 Å². The van der Waals surface area contributed by atoms with Crippen LogP contribution in [0.1, 0.15) is 24.2 Å². The zero-order valence-corrected chi connectivity index (χ0v) is 21.5. The van der Waals surface area contributed by atoms with Gasteiger partial charge >= 0.3 is 0 Å². The van der Waals surface area contributed by atoms with Crippen LogP contribution < -0.4 is 5.56 Å². The zero-order chi connectivity index (χ0) is 26.3. The van der Waals surface area contributed by atoms with E-state index in [4.69, 9.17) is 11.6 Å². The SMILES string of the molecule is Cc1nnnn1-c1ccc(CN2CCC(O)(Cn3cnc4c(cnn4-c4ccc(Cl)cc4)c3=O)CC2)cc1. The molecular weight excluding hydrogens is 506 g/mol. The molecule has 0 spiro atoms. The minimum atomic E-state index is -0.983. The van der Waals surface area contributed by atoms with Crippen molar-refractivity contribution >= 4 is 22.6 Å². The molecule has 4 heterocycles. The quantitative estimate of drug-likeness (QED) is 0.355. The highest BCUT2D eigenvalue weighted by molar-refractivity contribution is 6.30. The Kier molecular flexibility index (Phi) is 6.26. The molecule has 0 unspecified atom stereocenters. The normalized spacial score (nSPS) is 15.8. The van der Waals surface area contributed by atoms with E-state index in [2.05, 4.69) is 42.6 Å². The molecule has 2 aromatic carbocycles. The van der Waals surface area contributed by atoms with Crippen LogP contribution >= 0.6 is 11.6 Å². The van der Waals surface area contributed by atoms with Crippen LogP contribution in [0.25, 0.3) is 22.4 Å². The van der Waals surface area contributed by atoms with E-state index in [1.807, 2.05) is 31.2 Å². The maximum atomic E-state index is 13.2. The molecule has 3 aromatic heterocycles. The third-order valence-electron chi connectivity index (χ3n) is 7.09. The number of tetrazole rings is 1. The summed E-state index contributed by atoms with van der Waals surface area (Å²) in [5.41, 5.74) is 2.12. The van der Waals surface area contributed by atoms with Crippen LogP contribution in [-0.4, -0.2) is 68.2 Å². The van der Waals surface area contributed by atoms with Crippen molar-refractivity contribution in [1.29, 1.82) is 0 Å². The molecular formula is C26H26ClN9O2. The Morgan fingerprint density at radius 1 is 1.00 bits per heavy atom. The summed E-state index contributed by atoms with van der Waals surface area (Å²) in [5.74, 6) is 0.733. The largest absolute Gasteiger partial charge is 0.388 e. The molecule has 1 saturated heterocycles. The highest BCUT2D eigenvalue weighted by Gasteiger charge is 2.33. The Balaban J connectivity index is 1.11. The fraction of sp³-hybridized carbons (Fsp3) is 0.308. The van der Waals surface area contributed by atoms with Crippen LogP contribution in [0.15, 0.2) is 65.8 Å². The molecule has 0 amide bonds. The fourth-order valence-electron chi connectivity index (χ4n) is 4.91. The average Bonchev–Trinajstić information content (AvgIpc) is 3.55. The lowest BCUT2D eigenvalue weighted by atomic mass is 9.91. The number of aliphatic hydroxyl groups is 1. The standard InChI is InChI=1S/C26H26ClN9O2/c1-18-30-31-32-35(18)21-6-2-19(3-7-21)15-33-12-10-26(38,11-13-33)16-34-17-28-24-23(25(34)37)14-29-36(24)22-8-4-20(27)5-9-22/h2-9,14,17,38H,10-13,15-16H2,1H3. The van der Waals surface area contributed by atoms with Crippen LogP contribution in [-0.2, 0) is 13.1 Å². The summed E-state index contributed by atoms with van der Waals surface area (Å²) in [7, 11) is 0. The molecule has 1 aliphatic rings. The fourth-order valence-corrected chi connectivity index (χ4v) is 5.03. The molecule has 0 aliphatic carbocycles. The minimum absolute atomic E-state index is 0.189. The Morgan fingerprint density at radius 2 is 1.68 bits per heavy atom. The van der Waals surface area contributed by atoms with E-state index >= 15 is 0 Å². The first kappa shape index (κ1) is 24.4. The van der Waals surface area contributed by atoms with E-state index in [9.17, 15) is 9.90 Å². The number of nitrogens with zero attached hydrogens (tertiary/aromatic N) is 9. The van der Waals surface area contributed by atoms with Gasteiger partial charge in [0.05, 0.1) is 29.7 Å². The van der Waals surface area contributed by atoms with Gasteiger partial charge in [0.1, 0.15) is 11.7 Å². The molecule has 6 rings (SSSR count). The van der Waals surface area contributed by atoms with E-state index in [-0.39, 0.29) is 12.1 Å². The lowest BCUT2D eigenvalue weighted by molar-refractivity contribution is -0.0364. The number of fused-ring (bicyclic) bond motifs is 1. The number of hydrogen-bond acceptors (Lipinski definition) is 8. The van der Waals surface area contributed by atoms with E-state index in [1.54, 1.807) is 21.5 Å². The predicted molar refractivity (Wildman–Crippen MR) is 141 cm³/mol. The second kappa shape index (κ2) is 9.75. The number of rotatable bonds is 6. The number of aromatic nitrogens is 8. The highest BCUT2D eigenvalue weighted by Crippen LogP contribution is 2.25. The van der Waals surface area contributed by atoms with Crippen LogP contribution in [0.5, 0.6) is 0 Å². The molecule has 5 aromatic rings. The second-order valence-corrected chi connectivity index (χ2v) is 10.2. The molecule has 0 radical (unpaired) electrons. The van der Waals surface area contributed by atoms with Crippen molar-refractivity contribution in [2.45, 2.75) is 38.5 Å². The van der Waals surface area contributed by atoms with Gasteiger partial charge in [0, 0.05) is 24.7 Å². The van der Waals surface area contributed by atoms with Crippen molar-refractivity contribution < 1.29 is 5.11 Å². The Bertz CT molecular complexity index is 1630. The van der Waals surface area contributed by atoms with Gasteiger partial charge in [0.15, 0.2) is 11.5 Å². The van der Waals surface area contributed by atoms with Gasteiger partial charge in [-0.25, -0.2) is 9.67 Å². The first-order chi connectivity index (χ1) is 18.4. The minimum Gasteiger partial charge on any atom is -0.388 e. The molecule has 0 bridgehead atoms. The Morgan fingerprint density at radius 3 is 2.37 bits per heavy atom. The van der Waals surface area contributed by atoms with E-state index in [1.165, 1.54) is 22.7 Å². The summed E-state index contributed by atoms with van der Waals surface area (Å²) in [6, 6.07) is 15.3. The Labute approximate surface area is 222 Å². The molecule has 38 heavy (non-hydrogen) atoms. The van der Waals surface area contributed by atoms with E-state index < -0.39 is 5.60 Å². The molecule has 0 saturated carbocycles. The molecule has 1 aliphatic heterocycles. The van der Waals surface area contributed by atoms with Gasteiger partial charge in [-0.05, 0) is 72.2 Å². The van der Waals surface area contributed by atoms with Crippen molar-refractivity contribution in [1.82, 2.24) is 44.4 Å². The molecule has 12 heteroatoms. The predicted octanol–water partition coefficient (Wildman–Crippen LogP) is 2.55. The van der Waals surface area contributed by atoms with Gasteiger partial charge in [0.2, 0.25) is 0 Å². The first-order valence-electron chi connectivity index (χ1n) is 12.4. The molecule has 0 atom stereocenters. The number of aryl methyl sites for hydroxylation is 1. The van der Waals surface area contributed by atoms with Gasteiger partial charge in [-0.15, -0.1) is 5.10 Å². The molecule has 1 N–H and O–H groups in total. The van der Waals surface area contributed by atoms with Crippen LogP contribution in [0.2, 0.25) is 5.02 Å². The van der Waals surface area contributed by atoms with E-state index in [0.717, 1.165) is 36.8 Å². The summed E-state index contributed by atoms with van der Waals surface area (Å²) in [4.78, 5) is 20.0. The third kappa shape index (κ3) is 4.71. The van der Waals surface area contributed by atoms with Gasteiger partial charge in [-0.2, -0.15) is 9.78 Å². The summed E-state index contributed by atoms with van der Waals surface area (Å²) < 4.78 is 4.80. The molecule has 11 nitrogen and oxygen atoms in total. The number of likely N-dealkylation sites (tertiary alicyclic amines) is 1. The van der Waals surface area contributed by atoms with Crippen molar-refractivity contribution in [2.75, 3.05) is 13.1 Å². The van der Waals surface area contributed by atoms with Crippen LogP contribution in [0.3, 0.4) is 0 Å². The smallest absolute Gasteiger partial charge is 0.264 e. The number of benzene rings is 2. The summed E-state index contributed by atoms with van der Waals surface area (Å²) >= 11 is 5.99. The van der Waals surface area contributed by atoms with Crippen molar-refractivity contribution in [3.63, 3.8) is 0 Å². The number of hydrogen-bond donors (Lipinski definition) is 1. The van der Waals surface area contributed by atoms with Gasteiger partial charge < -0.3 is 5.11 Å². The summed E-state index contributed by atoms with van der Waals surface area (Å²) in [6.45, 7) is 4.28. The number of piperidine rings is 1.